The normalized spacial score (nSPS) is 11.9. The third kappa shape index (κ3) is 3.44. The van der Waals surface area contributed by atoms with Gasteiger partial charge < -0.3 is 15.2 Å². The highest BCUT2D eigenvalue weighted by Gasteiger charge is 2.07. The van der Waals surface area contributed by atoms with Crippen molar-refractivity contribution >= 4 is 5.69 Å². The van der Waals surface area contributed by atoms with Crippen LogP contribution in [0.15, 0.2) is 42.5 Å². The van der Waals surface area contributed by atoms with Crippen LogP contribution < -0.4 is 10.1 Å². The minimum Gasteiger partial charge on any atom is -0.508 e. The van der Waals surface area contributed by atoms with Crippen molar-refractivity contribution in [3.8, 4) is 11.5 Å². The third-order valence-corrected chi connectivity index (χ3v) is 3.27. The van der Waals surface area contributed by atoms with Crippen LogP contribution in [0.5, 0.6) is 11.5 Å². The molecule has 0 amide bonds. The first-order chi connectivity index (χ1) is 9.60. The van der Waals surface area contributed by atoms with Crippen molar-refractivity contribution in [2.45, 2.75) is 26.8 Å². The van der Waals surface area contributed by atoms with E-state index in [2.05, 4.69) is 19.2 Å². The summed E-state index contributed by atoms with van der Waals surface area (Å²) in [5.74, 6) is 1.19. The lowest BCUT2D eigenvalue weighted by atomic mass is 10.1. The van der Waals surface area contributed by atoms with Crippen molar-refractivity contribution in [1.82, 2.24) is 0 Å². The fourth-order valence-electron chi connectivity index (χ4n) is 2.13. The lowest BCUT2D eigenvalue weighted by Crippen LogP contribution is -2.07. The topological polar surface area (TPSA) is 41.5 Å². The molecule has 0 radical (unpaired) electrons. The van der Waals surface area contributed by atoms with Crippen molar-refractivity contribution in [2.24, 2.45) is 0 Å². The number of aryl methyl sites for hydroxylation is 1. The van der Waals surface area contributed by atoms with Gasteiger partial charge in [0.2, 0.25) is 0 Å². The SMILES string of the molecule is CCOc1ccc(NC(C)c2ccc(O)cc2)c(C)c1. The van der Waals surface area contributed by atoms with Gasteiger partial charge >= 0.3 is 0 Å². The van der Waals surface area contributed by atoms with Gasteiger partial charge in [0, 0.05) is 11.7 Å². The Hall–Kier alpha value is -2.16. The maximum Gasteiger partial charge on any atom is 0.119 e. The van der Waals surface area contributed by atoms with Crippen LogP contribution in [0.3, 0.4) is 0 Å². The first-order valence-electron chi connectivity index (χ1n) is 6.89. The van der Waals surface area contributed by atoms with E-state index in [1.807, 2.05) is 37.3 Å². The van der Waals surface area contributed by atoms with E-state index in [0.717, 1.165) is 22.6 Å². The summed E-state index contributed by atoms with van der Waals surface area (Å²) in [6, 6.07) is 13.5. The van der Waals surface area contributed by atoms with Gasteiger partial charge in [0.05, 0.1) is 6.61 Å². The molecule has 106 valence electrons. The molecule has 2 aromatic rings. The zero-order chi connectivity index (χ0) is 14.5. The molecule has 0 aliphatic heterocycles. The molecule has 3 heteroatoms. The van der Waals surface area contributed by atoms with Gasteiger partial charge in [0.15, 0.2) is 0 Å². The van der Waals surface area contributed by atoms with Gasteiger partial charge in [-0.3, -0.25) is 0 Å². The number of nitrogens with one attached hydrogen (secondary N) is 1. The molecule has 3 nitrogen and oxygen atoms in total. The Morgan fingerprint density at radius 1 is 1.15 bits per heavy atom. The molecular formula is C17H21NO2. The number of aromatic hydroxyl groups is 1. The smallest absolute Gasteiger partial charge is 0.119 e. The minimum absolute atomic E-state index is 0.173. The summed E-state index contributed by atoms with van der Waals surface area (Å²) in [4.78, 5) is 0. The second-order valence-corrected chi connectivity index (χ2v) is 4.87. The van der Waals surface area contributed by atoms with Crippen molar-refractivity contribution in [2.75, 3.05) is 11.9 Å². The number of benzene rings is 2. The van der Waals surface area contributed by atoms with Gasteiger partial charge in [-0.15, -0.1) is 0 Å². The lowest BCUT2D eigenvalue weighted by molar-refractivity contribution is 0.340. The predicted octanol–water partition coefficient (Wildman–Crippen LogP) is 4.27. The molecule has 1 unspecified atom stereocenters. The summed E-state index contributed by atoms with van der Waals surface area (Å²) in [6.07, 6.45) is 0. The second kappa shape index (κ2) is 6.33. The largest absolute Gasteiger partial charge is 0.508 e. The fourth-order valence-corrected chi connectivity index (χ4v) is 2.13. The molecule has 0 saturated carbocycles. The number of ether oxygens (including phenoxy) is 1. The van der Waals surface area contributed by atoms with E-state index in [-0.39, 0.29) is 11.8 Å². The number of anilines is 1. The van der Waals surface area contributed by atoms with Crippen molar-refractivity contribution in [3.05, 3.63) is 53.6 Å². The Bertz CT molecular complexity index is 564. The van der Waals surface area contributed by atoms with E-state index in [1.54, 1.807) is 12.1 Å². The molecule has 2 rings (SSSR count). The van der Waals surface area contributed by atoms with Crippen molar-refractivity contribution < 1.29 is 9.84 Å². The number of hydrogen-bond acceptors (Lipinski definition) is 3. The first-order valence-corrected chi connectivity index (χ1v) is 6.89. The number of hydrogen-bond donors (Lipinski definition) is 2. The molecular weight excluding hydrogens is 250 g/mol. The maximum absolute atomic E-state index is 9.32. The van der Waals surface area contributed by atoms with Crippen LogP contribution in [0.2, 0.25) is 0 Å². The lowest BCUT2D eigenvalue weighted by Gasteiger charge is -2.18. The highest BCUT2D eigenvalue weighted by atomic mass is 16.5. The Balaban J connectivity index is 2.11. The Morgan fingerprint density at radius 2 is 1.85 bits per heavy atom. The van der Waals surface area contributed by atoms with Crippen LogP contribution in [0.25, 0.3) is 0 Å². The van der Waals surface area contributed by atoms with Crippen LogP contribution in [-0.4, -0.2) is 11.7 Å². The van der Waals surface area contributed by atoms with Crippen LogP contribution in [-0.2, 0) is 0 Å². The molecule has 2 N–H and O–H groups in total. The molecule has 0 aromatic heterocycles. The van der Waals surface area contributed by atoms with Gasteiger partial charge in [-0.1, -0.05) is 12.1 Å². The second-order valence-electron chi connectivity index (χ2n) is 4.87. The maximum atomic E-state index is 9.32. The van der Waals surface area contributed by atoms with Crippen LogP contribution >= 0.6 is 0 Å². The third-order valence-electron chi connectivity index (χ3n) is 3.27. The van der Waals surface area contributed by atoms with E-state index in [0.29, 0.717) is 6.61 Å². The molecule has 0 aliphatic rings. The average molecular weight is 271 g/mol. The Morgan fingerprint density at radius 3 is 2.45 bits per heavy atom. The summed E-state index contributed by atoms with van der Waals surface area (Å²) in [5, 5.41) is 12.8. The van der Waals surface area contributed by atoms with E-state index in [1.165, 1.54) is 0 Å². The predicted molar refractivity (Wildman–Crippen MR) is 82.5 cm³/mol. The summed E-state index contributed by atoms with van der Waals surface area (Å²) in [6.45, 7) is 6.82. The summed E-state index contributed by atoms with van der Waals surface area (Å²) in [7, 11) is 0. The molecule has 0 bridgehead atoms. The van der Waals surface area contributed by atoms with Gasteiger partial charge in [-0.25, -0.2) is 0 Å². The number of phenols is 1. The van der Waals surface area contributed by atoms with Gasteiger partial charge in [-0.05, 0) is 62.2 Å². The van der Waals surface area contributed by atoms with E-state index < -0.39 is 0 Å². The summed E-state index contributed by atoms with van der Waals surface area (Å²) >= 11 is 0. The summed E-state index contributed by atoms with van der Waals surface area (Å²) in [5.41, 5.74) is 3.38. The van der Waals surface area contributed by atoms with Crippen LogP contribution in [0.1, 0.15) is 31.0 Å². The highest BCUT2D eigenvalue weighted by Crippen LogP contribution is 2.26. The Labute approximate surface area is 120 Å². The van der Waals surface area contributed by atoms with E-state index in [9.17, 15) is 5.11 Å². The van der Waals surface area contributed by atoms with Gasteiger partial charge in [-0.2, -0.15) is 0 Å². The minimum atomic E-state index is 0.173. The zero-order valence-corrected chi connectivity index (χ0v) is 12.2. The van der Waals surface area contributed by atoms with Crippen molar-refractivity contribution in [3.63, 3.8) is 0 Å². The standard InChI is InChI=1S/C17H21NO2/c1-4-20-16-9-10-17(12(2)11-16)18-13(3)14-5-7-15(19)8-6-14/h5-11,13,18-19H,4H2,1-3H3. The van der Waals surface area contributed by atoms with Crippen LogP contribution in [0, 0.1) is 6.92 Å². The monoisotopic (exact) mass is 271 g/mol. The highest BCUT2D eigenvalue weighted by molar-refractivity contribution is 5.55. The van der Waals surface area contributed by atoms with Crippen molar-refractivity contribution in [1.29, 1.82) is 0 Å². The molecule has 0 fully saturated rings. The fraction of sp³-hybridized carbons (Fsp3) is 0.294. The van der Waals surface area contributed by atoms with Gasteiger partial charge in [0.1, 0.15) is 11.5 Å². The molecule has 0 heterocycles. The summed E-state index contributed by atoms with van der Waals surface area (Å²) < 4.78 is 5.49. The molecule has 0 saturated heterocycles. The van der Waals surface area contributed by atoms with Crippen LogP contribution in [0.4, 0.5) is 5.69 Å². The van der Waals surface area contributed by atoms with E-state index in [4.69, 9.17) is 4.74 Å². The number of rotatable bonds is 5. The van der Waals surface area contributed by atoms with E-state index >= 15 is 0 Å². The molecule has 1 atom stereocenters. The number of phenolic OH excluding ortho intramolecular Hbond substituents is 1. The zero-order valence-electron chi connectivity index (χ0n) is 12.2. The molecule has 0 aliphatic carbocycles. The molecule has 0 spiro atoms. The molecule has 20 heavy (non-hydrogen) atoms. The quantitative estimate of drug-likeness (QED) is 0.853. The van der Waals surface area contributed by atoms with Gasteiger partial charge in [0.25, 0.3) is 0 Å². The Kier molecular flexibility index (Phi) is 4.51. The average Bonchev–Trinajstić information content (AvgIpc) is 2.43. The molecule has 2 aromatic carbocycles. The first kappa shape index (κ1) is 14.3.